The molecular weight excluding hydrogens is 582 g/mol. The summed E-state index contributed by atoms with van der Waals surface area (Å²) in [6, 6.07) is -0.801. The molecule has 282 valence electrons. The van der Waals surface area contributed by atoms with Gasteiger partial charge in [-0.1, -0.05) is 219 Å². The maximum Gasteiger partial charge on any atom is 0.220 e. The van der Waals surface area contributed by atoms with Crippen molar-refractivity contribution in [3.8, 4) is 0 Å². The van der Waals surface area contributed by atoms with Gasteiger partial charge in [-0.05, 0) is 12.8 Å². The fourth-order valence-electron chi connectivity index (χ4n) is 6.87. The van der Waals surface area contributed by atoms with E-state index in [4.69, 9.17) is 0 Å². The fourth-order valence-corrected chi connectivity index (χ4v) is 6.87. The molecule has 3 atom stereocenters. The summed E-state index contributed by atoms with van der Waals surface area (Å²) in [6.07, 6.45) is 42.0. The maximum absolute atomic E-state index is 12.4. The summed E-state index contributed by atoms with van der Waals surface area (Å²) in [5.74, 6) is -0.140. The molecule has 47 heavy (non-hydrogen) atoms. The third-order valence-electron chi connectivity index (χ3n) is 10.2. The van der Waals surface area contributed by atoms with E-state index in [1.54, 1.807) is 0 Å². The van der Waals surface area contributed by atoms with Gasteiger partial charge in [0.15, 0.2) is 0 Å². The number of hydrogen-bond donors (Lipinski definition) is 4. The highest BCUT2D eigenvalue weighted by Crippen LogP contribution is 2.17. The third kappa shape index (κ3) is 33.6. The van der Waals surface area contributed by atoms with Gasteiger partial charge in [-0.3, -0.25) is 4.79 Å². The van der Waals surface area contributed by atoms with E-state index in [0.29, 0.717) is 12.8 Å². The molecule has 0 aliphatic rings. The average molecular weight is 668 g/mol. The van der Waals surface area contributed by atoms with Crippen LogP contribution in [0, 0.1) is 0 Å². The molecule has 0 saturated heterocycles. The summed E-state index contributed by atoms with van der Waals surface area (Å²) in [5, 5.41) is 33.5. The van der Waals surface area contributed by atoms with Gasteiger partial charge in [-0.15, -0.1) is 0 Å². The molecule has 0 spiro atoms. The van der Waals surface area contributed by atoms with E-state index in [-0.39, 0.29) is 12.5 Å². The molecular formula is C42H85NO4. The molecule has 0 aromatic carbocycles. The molecule has 4 N–H and O–H groups in total. The Kier molecular flexibility index (Phi) is 37.6. The van der Waals surface area contributed by atoms with Crippen molar-refractivity contribution < 1.29 is 20.1 Å². The van der Waals surface area contributed by atoms with E-state index >= 15 is 0 Å². The van der Waals surface area contributed by atoms with E-state index in [0.717, 1.165) is 32.1 Å². The van der Waals surface area contributed by atoms with Crippen LogP contribution >= 0.6 is 0 Å². The molecule has 0 rings (SSSR count). The van der Waals surface area contributed by atoms with Gasteiger partial charge in [0.25, 0.3) is 0 Å². The second-order valence-corrected chi connectivity index (χ2v) is 14.9. The van der Waals surface area contributed by atoms with E-state index in [2.05, 4.69) is 19.2 Å². The molecule has 0 heterocycles. The number of unbranched alkanes of at least 4 members (excludes halogenated alkanes) is 31. The average Bonchev–Trinajstić information content (AvgIpc) is 3.07. The van der Waals surface area contributed by atoms with Crippen molar-refractivity contribution in [3.05, 3.63) is 0 Å². The van der Waals surface area contributed by atoms with E-state index in [9.17, 15) is 20.1 Å². The van der Waals surface area contributed by atoms with Crippen molar-refractivity contribution in [1.82, 2.24) is 5.32 Å². The number of aliphatic hydroxyl groups is 3. The van der Waals surface area contributed by atoms with Crippen LogP contribution in [0.5, 0.6) is 0 Å². The normalized spacial score (nSPS) is 13.6. The Morgan fingerprint density at radius 1 is 0.447 bits per heavy atom. The minimum Gasteiger partial charge on any atom is -0.394 e. The van der Waals surface area contributed by atoms with Crippen LogP contribution in [0.15, 0.2) is 0 Å². The van der Waals surface area contributed by atoms with Gasteiger partial charge in [0.1, 0.15) is 6.10 Å². The van der Waals surface area contributed by atoms with Crippen LogP contribution in [-0.4, -0.2) is 46.1 Å². The van der Waals surface area contributed by atoms with Gasteiger partial charge in [-0.2, -0.15) is 0 Å². The second-order valence-electron chi connectivity index (χ2n) is 14.9. The molecule has 3 unspecified atom stereocenters. The quantitative estimate of drug-likeness (QED) is 0.0491. The number of nitrogens with one attached hydrogen (secondary N) is 1. The molecule has 1 amide bonds. The van der Waals surface area contributed by atoms with Crippen LogP contribution in [-0.2, 0) is 4.79 Å². The zero-order valence-electron chi connectivity index (χ0n) is 31.9. The lowest BCUT2D eigenvalue weighted by molar-refractivity contribution is -0.124. The van der Waals surface area contributed by atoms with Gasteiger partial charge in [0, 0.05) is 6.42 Å². The van der Waals surface area contributed by atoms with Crippen molar-refractivity contribution >= 4 is 5.91 Å². The third-order valence-corrected chi connectivity index (χ3v) is 10.2. The van der Waals surface area contributed by atoms with Gasteiger partial charge < -0.3 is 20.6 Å². The van der Waals surface area contributed by atoms with Crippen molar-refractivity contribution in [3.63, 3.8) is 0 Å². The molecule has 0 aliphatic carbocycles. The number of rotatable bonds is 39. The molecule has 0 bridgehead atoms. The van der Waals surface area contributed by atoms with Crippen LogP contribution in [0.25, 0.3) is 0 Å². The lowest BCUT2D eigenvalue weighted by Gasteiger charge is -2.26. The minimum absolute atomic E-state index is 0.140. The van der Waals surface area contributed by atoms with Gasteiger partial charge >= 0.3 is 0 Å². The SMILES string of the molecule is CCCCCCCCCCCCCCCCCCCCCC(=O)NC(CO)C(O)C(O)CCCCCCCCCCCCCCCC. The van der Waals surface area contributed by atoms with Crippen LogP contribution in [0.4, 0.5) is 0 Å². The van der Waals surface area contributed by atoms with Crippen LogP contribution in [0.3, 0.4) is 0 Å². The van der Waals surface area contributed by atoms with E-state index < -0.39 is 18.2 Å². The smallest absolute Gasteiger partial charge is 0.220 e. The number of carbonyl (C=O) groups excluding carboxylic acids is 1. The Morgan fingerprint density at radius 2 is 0.723 bits per heavy atom. The zero-order chi connectivity index (χ0) is 34.5. The monoisotopic (exact) mass is 668 g/mol. The van der Waals surface area contributed by atoms with E-state index in [1.165, 1.54) is 180 Å². The lowest BCUT2D eigenvalue weighted by atomic mass is 9.99. The van der Waals surface area contributed by atoms with Gasteiger partial charge in [0.2, 0.25) is 5.91 Å². The molecule has 0 aromatic rings. The predicted molar refractivity (Wildman–Crippen MR) is 204 cm³/mol. The van der Waals surface area contributed by atoms with Gasteiger partial charge in [0.05, 0.1) is 18.8 Å². The fraction of sp³-hybridized carbons (Fsp3) is 0.976. The molecule has 0 fully saturated rings. The largest absolute Gasteiger partial charge is 0.394 e. The first-order valence-electron chi connectivity index (χ1n) is 21.3. The molecule has 0 saturated carbocycles. The molecule has 5 nitrogen and oxygen atoms in total. The Morgan fingerprint density at radius 3 is 1.02 bits per heavy atom. The number of hydrogen-bond acceptors (Lipinski definition) is 4. The summed E-state index contributed by atoms with van der Waals surface area (Å²) in [7, 11) is 0. The molecule has 0 radical (unpaired) electrons. The predicted octanol–water partition coefficient (Wildman–Crippen LogP) is 11.9. The first-order chi connectivity index (χ1) is 23.1. The first kappa shape index (κ1) is 46.4. The standard InChI is InChI=1S/C42H85NO4/c1-3-5-7-9-11-13-15-17-19-20-21-22-23-25-27-29-31-33-35-37-41(46)43-39(38-44)42(47)40(45)36-34-32-30-28-26-24-18-16-14-12-10-8-6-4-2/h39-40,42,44-45,47H,3-38H2,1-2H3,(H,43,46). The van der Waals surface area contributed by atoms with Crippen LogP contribution in [0.2, 0.25) is 0 Å². The summed E-state index contributed by atoms with van der Waals surface area (Å²) in [6.45, 7) is 4.19. The summed E-state index contributed by atoms with van der Waals surface area (Å²) < 4.78 is 0. The Bertz CT molecular complexity index is 615. The van der Waals surface area contributed by atoms with Crippen molar-refractivity contribution in [2.45, 2.75) is 257 Å². The molecule has 0 aromatic heterocycles. The lowest BCUT2D eigenvalue weighted by Crippen LogP contribution is -2.50. The van der Waals surface area contributed by atoms with Crippen LogP contribution < -0.4 is 5.32 Å². The number of amides is 1. The van der Waals surface area contributed by atoms with Crippen LogP contribution in [0.1, 0.15) is 239 Å². The van der Waals surface area contributed by atoms with Crippen molar-refractivity contribution in [2.75, 3.05) is 6.61 Å². The number of aliphatic hydroxyl groups excluding tert-OH is 3. The minimum atomic E-state index is -1.13. The molecule has 5 heteroatoms. The highest BCUT2D eigenvalue weighted by Gasteiger charge is 2.26. The highest BCUT2D eigenvalue weighted by atomic mass is 16.3. The maximum atomic E-state index is 12.4. The highest BCUT2D eigenvalue weighted by molar-refractivity contribution is 5.76. The Hall–Kier alpha value is -0.650. The Balaban J connectivity index is 3.59. The zero-order valence-corrected chi connectivity index (χ0v) is 31.9. The van der Waals surface area contributed by atoms with E-state index in [1.807, 2.05) is 0 Å². The van der Waals surface area contributed by atoms with Crippen molar-refractivity contribution in [2.24, 2.45) is 0 Å². The topological polar surface area (TPSA) is 89.8 Å². The first-order valence-corrected chi connectivity index (χ1v) is 21.3. The summed E-state index contributed by atoms with van der Waals surface area (Å²) >= 11 is 0. The summed E-state index contributed by atoms with van der Waals surface area (Å²) in [5.41, 5.74) is 0. The molecule has 0 aliphatic heterocycles. The van der Waals surface area contributed by atoms with Crippen molar-refractivity contribution in [1.29, 1.82) is 0 Å². The summed E-state index contributed by atoms with van der Waals surface area (Å²) in [4.78, 5) is 12.4. The second kappa shape index (κ2) is 38.2. The number of carbonyl (C=O) groups is 1. The van der Waals surface area contributed by atoms with Gasteiger partial charge in [-0.25, -0.2) is 0 Å². The Labute approximate surface area is 294 Å².